The number of fused-ring (bicyclic) bond motifs is 4. The van der Waals surface area contributed by atoms with Gasteiger partial charge in [-0.1, -0.05) is 78.9 Å². The van der Waals surface area contributed by atoms with E-state index in [4.69, 9.17) is 0 Å². The van der Waals surface area contributed by atoms with Crippen molar-refractivity contribution in [2.24, 2.45) is 0 Å². The Kier molecular flexibility index (Phi) is 7.13. The highest BCUT2D eigenvalue weighted by molar-refractivity contribution is 5.98. The second kappa shape index (κ2) is 11.8. The Balaban J connectivity index is 1.25. The number of allylic oxidation sites excluding steroid dienone is 2. The van der Waals surface area contributed by atoms with Crippen LogP contribution in [-0.2, 0) is 6.42 Å². The number of rotatable bonds is 5. The first kappa shape index (κ1) is 29.1. The van der Waals surface area contributed by atoms with Crippen LogP contribution in [0, 0.1) is 29.6 Å². The highest BCUT2D eigenvalue weighted by atomic mass is 15.0. The van der Waals surface area contributed by atoms with Gasteiger partial charge < -0.3 is 9.13 Å². The van der Waals surface area contributed by atoms with Crippen molar-refractivity contribution in [1.82, 2.24) is 9.13 Å². The molecule has 0 spiro atoms. The minimum atomic E-state index is 0.598. The zero-order valence-corrected chi connectivity index (χ0v) is 26.9. The van der Waals surface area contributed by atoms with Crippen LogP contribution in [0.25, 0.3) is 67.6 Å². The van der Waals surface area contributed by atoms with E-state index in [9.17, 15) is 10.5 Å². The molecule has 0 aliphatic heterocycles. The summed E-state index contributed by atoms with van der Waals surface area (Å²) in [7, 11) is 0. The number of aromatic nitrogens is 2. The number of para-hydroxylation sites is 1. The molecule has 4 nitrogen and oxygen atoms in total. The van der Waals surface area contributed by atoms with Crippen molar-refractivity contribution in [1.29, 1.82) is 10.5 Å². The van der Waals surface area contributed by atoms with Gasteiger partial charge in [-0.2, -0.15) is 10.5 Å². The van der Waals surface area contributed by atoms with Crippen LogP contribution in [0.2, 0.25) is 0 Å². The highest BCUT2D eigenvalue weighted by Gasteiger charge is 2.21. The third-order valence-corrected chi connectivity index (χ3v) is 9.58. The fourth-order valence-corrected chi connectivity index (χ4v) is 7.43. The van der Waals surface area contributed by atoms with E-state index < -0.39 is 0 Å². The quantitative estimate of drug-likeness (QED) is 0.193. The maximum absolute atomic E-state index is 9.99. The predicted octanol–water partition coefficient (Wildman–Crippen LogP) is 11.0. The van der Waals surface area contributed by atoms with Crippen LogP contribution < -0.4 is 0 Å². The molecule has 5 aromatic carbocycles. The predicted molar refractivity (Wildman–Crippen MR) is 197 cm³/mol. The average molecular weight is 617 g/mol. The summed E-state index contributed by atoms with van der Waals surface area (Å²) in [6.07, 6.45) is 10.7. The summed E-state index contributed by atoms with van der Waals surface area (Å²) in [5.41, 5.74) is 14.5. The van der Waals surface area contributed by atoms with Crippen molar-refractivity contribution in [3.63, 3.8) is 0 Å². The van der Waals surface area contributed by atoms with Gasteiger partial charge in [0, 0.05) is 44.5 Å². The highest BCUT2D eigenvalue weighted by Crippen LogP contribution is 2.39. The second-order valence-corrected chi connectivity index (χ2v) is 12.3. The Morgan fingerprint density at radius 1 is 0.729 bits per heavy atom. The molecule has 4 heteroatoms. The second-order valence-electron chi connectivity index (χ2n) is 12.3. The number of benzene rings is 5. The van der Waals surface area contributed by atoms with Crippen LogP contribution in [0.3, 0.4) is 0 Å². The number of hydrogen-bond donors (Lipinski definition) is 0. The van der Waals surface area contributed by atoms with Crippen LogP contribution in [0.5, 0.6) is 0 Å². The average Bonchev–Trinajstić information content (AvgIpc) is 3.63. The normalized spacial score (nSPS) is 12.4. The van der Waals surface area contributed by atoms with Gasteiger partial charge in [0.2, 0.25) is 0 Å². The van der Waals surface area contributed by atoms with Gasteiger partial charge in [-0.25, -0.2) is 0 Å². The molecule has 0 saturated carbocycles. The van der Waals surface area contributed by atoms with Crippen LogP contribution >= 0.6 is 0 Å². The van der Waals surface area contributed by atoms with Gasteiger partial charge in [-0.05, 0) is 98.0 Å². The van der Waals surface area contributed by atoms with Crippen LogP contribution in [0.4, 0.5) is 0 Å². The summed E-state index contributed by atoms with van der Waals surface area (Å²) < 4.78 is 4.64. The maximum Gasteiger partial charge on any atom is 0.0998 e. The van der Waals surface area contributed by atoms with E-state index in [-0.39, 0.29) is 0 Å². The van der Waals surface area contributed by atoms with E-state index in [0.29, 0.717) is 11.1 Å². The fraction of sp³-hybridized carbons (Fsp3) is 0.0909. The molecule has 228 valence electrons. The molecule has 2 heterocycles. The standard InChI is InChI=1S/C44H32N4/c1-3-10-36-29(2)47(43-18-9-13-34(28-46)44(36)43)42-24-19-30(27-45)25-39(42)33-12-8-11-32(26-33)31-20-22-35(23-21-31)48-40-16-6-4-14-37(40)38-15-5-7-17-41(38)48/h3-6,8-16,18-26H,7,17H2,1-2H3/b10-3-. The Bertz CT molecular complexity index is 2540. The lowest BCUT2D eigenvalue weighted by Crippen LogP contribution is -2.02. The molecule has 1 aliphatic rings. The number of nitriles is 2. The van der Waals surface area contributed by atoms with Crippen LogP contribution in [0.1, 0.15) is 47.0 Å². The van der Waals surface area contributed by atoms with Gasteiger partial charge in [-0.3, -0.25) is 0 Å². The maximum atomic E-state index is 9.99. The van der Waals surface area contributed by atoms with Gasteiger partial charge >= 0.3 is 0 Å². The molecule has 0 radical (unpaired) electrons. The third kappa shape index (κ3) is 4.58. The molecule has 48 heavy (non-hydrogen) atoms. The molecule has 0 fully saturated rings. The first-order valence-corrected chi connectivity index (χ1v) is 16.3. The number of nitrogens with zero attached hydrogens (tertiary/aromatic N) is 4. The Morgan fingerprint density at radius 2 is 1.52 bits per heavy atom. The van der Waals surface area contributed by atoms with Crippen molar-refractivity contribution < 1.29 is 0 Å². The van der Waals surface area contributed by atoms with E-state index in [1.807, 2.05) is 43.3 Å². The first-order valence-electron chi connectivity index (χ1n) is 16.3. The van der Waals surface area contributed by atoms with Gasteiger partial charge in [0.25, 0.3) is 0 Å². The van der Waals surface area contributed by atoms with Crippen molar-refractivity contribution in [2.45, 2.75) is 26.7 Å². The zero-order chi connectivity index (χ0) is 32.8. The largest absolute Gasteiger partial charge is 0.313 e. The Labute approximate surface area is 280 Å². The minimum Gasteiger partial charge on any atom is -0.313 e. The molecular formula is C44H32N4. The molecule has 1 aliphatic carbocycles. The molecule has 8 rings (SSSR count). The zero-order valence-electron chi connectivity index (χ0n) is 26.9. The fourth-order valence-electron chi connectivity index (χ4n) is 7.43. The van der Waals surface area contributed by atoms with Crippen LogP contribution in [-0.4, -0.2) is 9.13 Å². The van der Waals surface area contributed by atoms with Crippen molar-refractivity contribution >= 4 is 34.0 Å². The molecule has 0 atom stereocenters. The van der Waals surface area contributed by atoms with Crippen LogP contribution in [0.15, 0.2) is 121 Å². The third-order valence-electron chi connectivity index (χ3n) is 9.58. The lowest BCUT2D eigenvalue weighted by atomic mass is 9.96. The topological polar surface area (TPSA) is 57.4 Å². The number of hydrogen-bond acceptors (Lipinski definition) is 2. The summed E-state index contributed by atoms with van der Waals surface area (Å²) in [5.74, 6) is 0. The van der Waals surface area contributed by atoms with E-state index in [1.165, 1.54) is 22.2 Å². The van der Waals surface area contributed by atoms with Crippen molar-refractivity contribution in [3.8, 4) is 45.8 Å². The molecule has 7 aromatic rings. The molecule has 0 amide bonds. The molecule has 2 aromatic heterocycles. The first-order chi connectivity index (χ1) is 23.6. The van der Waals surface area contributed by atoms with E-state index in [0.717, 1.165) is 68.6 Å². The van der Waals surface area contributed by atoms with E-state index in [1.54, 1.807) is 0 Å². The SMILES string of the molecule is C/C=C\c1c(C)n(-c2ccc(C#N)cc2-c2cccc(-c3ccc(-n4c5c(c6ccccc64)C=CCC5)cc3)c2)c2cccc(C#N)c12. The monoisotopic (exact) mass is 616 g/mol. The lowest BCUT2D eigenvalue weighted by molar-refractivity contribution is 0.888. The molecular weight excluding hydrogens is 585 g/mol. The molecule has 0 N–H and O–H groups in total. The molecule has 0 saturated heterocycles. The van der Waals surface area contributed by atoms with Crippen molar-refractivity contribution in [3.05, 3.63) is 155 Å². The van der Waals surface area contributed by atoms with Gasteiger partial charge in [-0.15, -0.1) is 0 Å². The molecule has 0 bridgehead atoms. The smallest absolute Gasteiger partial charge is 0.0998 e. The summed E-state index contributed by atoms with van der Waals surface area (Å²) in [6.45, 7) is 4.09. The van der Waals surface area contributed by atoms with Gasteiger partial charge in [0.1, 0.15) is 0 Å². The molecule has 0 unspecified atom stereocenters. The van der Waals surface area contributed by atoms with Gasteiger partial charge in [0.15, 0.2) is 0 Å². The summed E-state index contributed by atoms with van der Waals surface area (Å²) in [4.78, 5) is 0. The van der Waals surface area contributed by atoms with Crippen molar-refractivity contribution in [2.75, 3.05) is 0 Å². The summed E-state index contributed by atoms with van der Waals surface area (Å²) in [5, 5.41) is 22.1. The van der Waals surface area contributed by atoms with Gasteiger partial charge in [0.05, 0.1) is 40.0 Å². The summed E-state index contributed by atoms with van der Waals surface area (Å²) >= 11 is 0. The summed E-state index contributed by atoms with van der Waals surface area (Å²) in [6, 6.07) is 42.6. The Hall–Kier alpha value is -6.36. The van der Waals surface area contributed by atoms with E-state index >= 15 is 0 Å². The van der Waals surface area contributed by atoms with E-state index in [2.05, 4.69) is 125 Å². The lowest BCUT2D eigenvalue weighted by Gasteiger charge is -2.16. The minimum absolute atomic E-state index is 0.598. The Morgan fingerprint density at radius 3 is 2.33 bits per heavy atom.